The van der Waals surface area contributed by atoms with Crippen molar-refractivity contribution in [2.75, 3.05) is 37.6 Å². The first-order valence-electron chi connectivity index (χ1n) is 17.1. The van der Waals surface area contributed by atoms with E-state index in [9.17, 15) is 16.8 Å². The molecule has 2 aliphatic carbocycles. The van der Waals surface area contributed by atoms with Crippen molar-refractivity contribution in [3.05, 3.63) is 68.6 Å². The maximum absolute atomic E-state index is 15.4. The molecule has 0 saturated heterocycles. The molecule has 54 heavy (non-hydrogen) atoms. The Kier molecular flexibility index (Phi) is 12.6. The van der Waals surface area contributed by atoms with E-state index in [4.69, 9.17) is 32.7 Å². The van der Waals surface area contributed by atoms with Crippen LogP contribution in [0.25, 0.3) is 0 Å². The van der Waals surface area contributed by atoms with Gasteiger partial charge in [-0.2, -0.15) is 0 Å². The van der Waals surface area contributed by atoms with Crippen LogP contribution in [0.5, 0.6) is 11.5 Å². The fourth-order valence-electron chi connectivity index (χ4n) is 6.95. The summed E-state index contributed by atoms with van der Waals surface area (Å²) in [6.45, 7) is 0. The molecule has 0 spiro atoms. The standard InChI is InChI=1S/C34H40Cl2F2N6O6S4/c1-43(2)25-7-5-6-8-27(25)49-29-16-23(38)32(15-20(29)35)54(47,48)42-34-40-24(18-52-34)19-9-10-28(26(13-19)44(3)4)50-30-17-22(37)31(14-21(30)36)53(45,46)41-33-39-11-12-51-33/h11-12,14-19,25-28H,5-10,13H2,1-4H3,(H,39,41)(H,40,42)/t19?,25-,26+,27-,28+/m0/s1. The highest BCUT2D eigenvalue weighted by Gasteiger charge is 2.36. The average molecular weight is 866 g/mol. The van der Waals surface area contributed by atoms with Crippen LogP contribution in [0.4, 0.5) is 19.0 Å². The molecule has 20 heteroatoms. The zero-order valence-corrected chi connectivity index (χ0v) is 34.5. The molecule has 2 fully saturated rings. The Morgan fingerprint density at radius 2 is 1.31 bits per heavy atom. The minimum absolute atomic E-state index is 0.00157. The van der Waals surface area contributed by atoms with Crippen LogP contribution in [-0.4, -0.2) is 89.1 Å². The summed E-state index contributed by atoms with van der Waals surface area (Å²) in [6, 6.07) is 3.99. The lowest BCUT2D eigenvalue weighted by atomic mass is 9.81. The molecule has 0 amide bonds. The lowest BCUT2D eigenvalue weighted by molar-refractivity contribution is 0.0540. The molecule has 4 aromatic rings. The van der Waals surface area contributed by atoms with E-state index in [0.29, 0.717) is 25.0 Å². The third-order valence-electron chi connectivity index (χ3n) is 9.67. The van der Waals surface area contributed by atoms with Crippen molar-refractivity contribution in [2.24, 2.45) is 0 Å². The highest BCUT2D eigenvalue weighted by Crippen LogP contribution is 2.40. The molecular formula is C34H40Cl2F2N6O6S4. The Balaban J connectivity index is 1.11. The van der Waals surface area contributed by atoms with Gasteiger partial charge in [0.25, 0.3) is 20.0 Å². The van der Waals surface area contributed by atoms with Gasteiger partial charge in [0.2, 0.25) is 0 Å². The molecule has 2 N–H and O–H groups in total. The van der Waals surface area contributed by atoms with Gasteiger partial charge in [-0.25, -0.2) is 35.6 Å². The Morgan fingerprint density at radius 3 is 1.87 bits per heavy atom. The summed E-state index contributed by atoms with van der Waals surface area (Å²) in [7, 11) is -1.02. The first kappa shape index (κ1) is 40.8. The summed E-state index contributed by atoms with van der Waals surface area (Å²) < 4.78 is 99.8. The van der Waals surface area contributed by atoms with E-state index in [0.717, 1.165) is 72.6 Å². The topological polar surface area (TPSA) is 143 Å². The second-order valence-corrected chi connectivity index (χ2v) is 19.6. The van der Waals surface area contributed by atoms with Gasteiger partial charge in [0.15, 0.2) is 10.3 Å². The van der Waals surface area contributed by atoms with E-state index in [-0.39, 0.29) is 55.9 Å². The summed E-state index contributed by atoms with van der Waals surface area (Å²) in [5.74, 6) is -2.02. The lowest BCUT2D eigenvalue weighted by Gasteiger charge is -2.39. The third kappa shape index (κ3) is 9.23. The van der Waals surface area contributed by atoms with Gasteiger partial charge in [0.1, 0.15) is 45.1 Å². The molecule has 2 aromatic carbocycles. The number of sulfonamides is 2. The SMILES string of the molecule is CN(C)[C@@H]1CC(c2csc(NS(=O)(=O)c3cc(Cl)c(O[C@H]4CCCC[C@@H]4N(C)C)cc3F)n2)CC[C@H]1Oc1cc(F)c(S(=O)(=O)Nc2nccs2)cc1Cl. The van der Waals surface area contributed by atoms with Gasteiger partial charge in [-0.05, 0) is 78.8 Å². The largest absolute Gasteiger partial charge is 0.487 e. The summed E-state index contributed by atoms with van der Waals surface area (Å²) in [4.78, 5) is 11.2. The van der Waals surface area contributed by atoms with Crippen molar-refractivity contribution in [3.8, 4) is 11.5 Å². The predicted octanol–water partition coefficient (Wildman–Crippen LogP) is 7.68. The second kappa shape index (κ2) is 16.7. The first-order chi connectivity index (χ1) is 25.5. The number of thiazole rings is 2. The van der Waals surface area contributed by atoms with E-state index < -0.39 is 47.6 Å². The summed E-state index contributed by atoms with van der Waals surface area (Å²) in [5.41, 5.74) is 0.652. The van der Waals surface area contributed by atoms with E-state index in [1.165, 1.54) is 6.20 Å². The van der Waals surface area contributed by atoms with Crippen molar-refractivity contribution in [2.45, 2.75) is 84.9 Å². The van der Waals surface area contributed by atoms with Gasteiger partial charge in [-0.3, -0.25) is 9.44 Å². The molecule has 294 valence electrons. The highest BCUT2D eigenvalue weighted by atomic mass is 35.5. The number of rotatable bonds is 13. The fourth-order valence-corrected chi connectivity index (χ4v) is 11.5. The molecule has 0 radical (unpaired) electrons. The Hall–Kier alpha value is -2.84. The van der Waals surface area contributed by atoms with E-state index in [1.807, 2.05) is 33.1 Å². The fraction of sp³-hybridized carbons (Fsp3) is 0.471. The average Bonchev–Trinajstić information content (AvgIpc) is 3.79. The van der Waals surface area contributed by atoms with Crippen LogP contribution in [0.1, 0.15) is 56.6 Å². The van der Waals surface area contributed by atoms with Crippen LogP contribution in [0.3, 0.4) is 0 Å². The van der Waals surface area contributed by atoms with Crippen LogP contribution < -0.4 is 18.9 Å². The number of aromatic nitrogens is 2. The van der Waals surface area contributed by atoms with Crippen LogP contribution in [0, 0.1) is 11.6 Å². The van der Waals surface area contributed by atoms with Crippen LogP contribution >= 0.6 is 45.9 Å². The Labute approximate surface area is 331 Å². The second-order valence-electron chi connectivity index (χ2n) is 13.7. The number of nitrogens with one attached hydrogen (secondary N) is 2. The summed E-state index contributed by atoms with van der Waals surface area (Å²) >= 11 is 15.0. The number of anilines is 2. The smallest absolute Gasteiger partial charge is 0.266 e. The molecule has 6 rings (SSSR count). The number of hydrogen-bond donors (Lipinski definition) is 2. The first-order valence-corrected chi connectivity index (χ1v) is 22.6. The molecule has 1 unspecified atom stereocenters. The van der Waals surface area contributed by atoms with Gasteiger partial charge >= 0.3 is 0 Å². The van der Waals surface area contributed by atoms with Crippen molar-refractivity contribution in [1.29, 1.82) is 0 Å². The monoisotopic (exact) mass is 864 g/mol. The highest BCUT2D eigenvalue weighted by molar-refractivity contribution is 7.93. The van der Waals surface area contributed by atoms with Gasteiger partial charge in [-0.1, -0.05) is 29.6 Å². The maximum atomic E-state index is 15.4. The van der Waals surface area contributed by atoms with E-state index in [2.05, 4.69) is 24.3 Å². The lowest BCUT2D eigenvalue weighted by Crippen LogP contribution is -2.46. The third-order valence-corrected chi connectivity index (χ3v) is 14.7. The molecular weight excluding hydrogens is 826 g/mol. The number of ether oxygens (including phenoxy) is 2. The molecule has 5 atom stereocenters. The van der Waals surface area contributed by atoms with Gasteiger partial charge in [0.05, 0.1) is 15.7 Å². The number of halogens is 4. The zero-order valence-electron chi connectivity index (χ0n) is 29.8. The van der Waals surface area contributed by atoms with Crippen LogP contribution in [0.15, 0.2) is 51.0 Å². The van der Waals surface area contributed by atoms with E-state index >= 15 is 8.78 Å². The predicted molar refractivity (Wildman–Crippen MR) is 208 cm³/mol. The van der Waals surface area contributed by atoms with Crippen molar-refractivity contribution >= 4 is 76.2 Å². The van der Waals surface area contributed by atoms with Crippen molar-refractivity contribution < 1.29 is 35.1 Å². The number of nitrogens with zero attached hydrogens (tertiary/aromatic N) is 4. The Morgan fingerprint density at radius 1 is 0.759 bits per heavy atom. The van der Waals surface area contributed by atoms with Crippen LogP contribution in [0.2, 0.25) is 10.0 Å². The molecule has 0 aliphatic heterocycles. The molecule has 2 aliphatic rings. The van der Waals surface area contributed by atoms with Gasteiger partial charge < -0.3 is 19.3 Å². The van der Waals surface area contributed by atoms with Gasteiger partial charge in [0, 0.05) is 47.1 Å². The number of benzene rings is 2. The number of likely N-dealkylation sites (N-methyl/N-ethyl adjacent to an activating group) is 2. The minimum Gasteiger partial charge on any atom is -0.487 e. The van der Waals surface area contributed by atoms with Crippen LogP contribution in [-0.2, 0) is 20.0 Å². The minimum atomic E-state index is -4.40. The maximum Gasteiger partial charge on any atom is 0.266 e. The Bertz CT molecular complexity index is 2180. The van der Waals surface area contributed by atoms with Crippen molar-refractivity contribution in [3.63, 3.8) is 0 Å². The zero-order chi connectivity index (χ0) is 38.9. The van der Waals surface area contributed by atoms with Gasteiger partial charge in [-0.15, -0.1) is 22.7 Å². The summed E-state index contributed by atoms with van der Waals surface area (Å²) in [6.07, 6.45) is 6.18. The quantitative estimate of drug-likeness (QED) is 0.137. The molecule has 0 bridgehead atoms. The van der Waals surface area contributed by atoms with E-state index in [1.54, 1.807) is 10.8 Å². The number of hydrogen-bond acceptors (Lipinski definition) is 12. The normalized spacial score (nSPS) is 22.4. The molecule has 12 nitrogen and oxygen atoms in total. The summed E-state index contributed by atoms with van der Waals surface area (Å²) in [5, 5.41) is 3.40. The molecule has 2 saturated carbocycles. The molecule has 2 aromatic heterocycles. The molecule has 2 heterocycles. The van der Waals surface area contributed by atoms with Crippen molar-refractivity contribution in [1.82, 2.24) is 19.8 Å².